The molecule has 2 rings (SSSR count). The van der Waals surface area contributed by atoms with E-state index in [1.54, 1.807) is 13.8 Å². The topological polar surface area (TPSA) is 88.1 Å². The van der Waals surface area contributed by atoms with Crippen LogP contribution in [0.3, 0.4) is 0 Å². The maximum atomic E-state index is 12.2. The van der Waals surface area contributed by atoms with Gasteiger partial charge in [0.25, 0.3) is 0 Å². The second-order valence-electron chi connectivity index (χ2n) is 4.75. The molecule has 0 aromatic carbocycles. The maximum Gasteiger partial charge on any atom is 0.534 e. The second-order valence-corrected chi connectivity index (χ2v) is 6.29. The molecule has 0 aliphatic carbocycles. The molecule has 0 aromatic rings. The van der Waals surface area contributed by atoms with Crippen LogP contribution in [-0.4, -0.2) is 44.5 Å². The third-order valence-corrected chi connectivity index (χ3v) is 3.61. The molecular weight excluding hydrogens is 321 g/mol. The fraction of sp³-hybridized carbons (Fsp3) is 0.700. The molecule has 1 fully saturated rings. The number of hydrogen-bond donors (Lipinski definition) is 0. The summed E-state index contributed by atoms with van der Waals surface area (Å²) >= 11 is 0. The van der Waals surface area contributed by atoms with E-state index in [1.807, 2.05) is 0 Å². The summed E-state index contributed by atoms with van der Waals surface area (Å²) < 4.78 is 77.2. The summed E-state index contributed by atoms with van der Waals surface area (Å²) in [6.07, 6.45) is -1.03. The number of hydrogen-bond acceptors (Lipinski definition) is 7. The first-order chi connectivity index (χ1) is 9.41. The minimum absolute atomic E-state index is 0.0285. The van der Waals surface area contributed by atoms with Crippen LogP contribution in [0.25, 0.3) is 0 Å². The Morgan fingerprint density at radius 1 is 1.38 bits per heavy atom. The molecule has 0 unspecified atom stereocenters. The van der Waals surface area contributed by atoms with Gasteiger partial charge in [0.15, 0.2) is 11.9 Å². The largest absolute Gasteiger partial charge is 0.534 e. The molecule has 0 radical (unpaired) electrons. The van der Waals surface area contributed by atoms with Crippen LogP contribution < -0.4 is 0 Å². The van der Waals surface area contributed by atoms with Gasteiger partial charge >= 0.3 is 21.6 Å². The first-order valence-electron chi connectivity index (χ1n) is 5.67. The van der Waals surface area contributed by atoms with Gasteiger partial charge in [0.1, 0.15) is 6.10 Å². The molecule has 0 spiro atoms. The molecule has 2 heterocycles. The Labute approximate surface area is 117 Å². The summed E-state index contributed by atoms with van der Waals surface area (Å²) in [4.78, 5) is 11.4. The fourth-order valence-corrected chi connectivity index (χ4v) is 2.18. The number of ether oxygens (including phenoxy) is 3. The summed E-state index contributed by atoms with van der Waals surface area (Å²) in [6, 6.07) is 0. The van der Waals surface area contributed by atoms with Crippen LogP contribution in [0, 0.1) is 0 Å². The Morgan fingerprint density at radius 3 is 2.48 bits per heavy atom. The lowest BCUT2D eigenvalue weighted by molar-refractivity contribution is -0.160. The van der Waals surface area contributed by atoms with Crippen molar-refractivity contribution in [3.05, 3.63) is 11.8 Å². The molecule has 0 N–H and O–H groups in total. The number of esters is 1. The Bertz CT molecular complexity index is 578. The van der Waals surface area contributed by atoms with Crippen LogP contribution in [-0.2, 0) is 33.3 Å². The molecule has 2 atom stereocenters. The molecular formula is C10H11F3O7S. The van der Waals surface area contributed by atoms with Gasteiger partial charge in [-0.25, -0.2) is 4.79 Å². The van der Waals surface area contributed by atoms with E-state index in [0.717, 1.165) is 6.08 Å². The standard InChI is InChI=1S/C10H11F3O7S/c1-9(2)17-4-7(19-9)5-3-6(8(14)18-5)20-21(15,16)10(11,12)13/h3,5,7H,4H2,1-2H3/t5-,7+/m0/s1. The molecule has 2 aliphatic rings. The van der Waals surface area contributed by atoms with Gasteiger partial charge in [-0.2, -0.15) is 21.6 Å². The van der Waals surface area contributed by atoms with Crippen molar-refractivity contribution in [3.63, 3.8) is 0 Å². The van der Waals surface area contributed by atoms with Crippen molar-refractivity contribution < 1.29 is 44.8 Å². The SMILES string of the molecule is CC1(C)OC[C@H]([C@@H]2C=C(OS(=O)(=O)C(F)(F)F)C(=O)O2)O1. The van der Waals surface area contributed by atoms with Crippen molar-refractivity contribution in [2.24, 2.45) is 0 Å². The Kier molecular flexibility index (Phi) is 3.71. The predicted octanol–water partition coefficient (Wildman–Crippen LogP) is 0.813. The Morgan fingerprint density at radius 2 is 2.00 bits per heavy atom. The normalized spacial score (nSPS) is 29.2. The van der Waals surface area contributed by atoms with Gasteiger partial charge in [0, 0.05) is 6.08 Å². The van der Waals surface area contributed by atoms with Crippen molar-refractivity contribution in [3.8, 4) is 0 Å². The molecule has 0 bridgehead atoms. The summed E-state index contributed by atoms with van der Waals surface area (Å²) in [5.41, 5.74) is -5.64. The number of alkyl halides is 3. The van der Waals surface area contributed by atoms with E-state index < -0.39 is 45.3 Å². The van der Waals surface area contributed by atoms with E-state index in [4.69, 9.17) is 14.2 Å². The van der Waals surface area contributed by atoms with E-state index in [2.05, 4.69) is 4.18 Å². The van der Waals surface area contributed by atoms with Crippen LogP contribution in [0.1, 0.15) is 13.8 Å². The molecule has 7 nitrogen and oxygen atoms in total. The third kappa shape index (κ3) is 3.30. The van der Waals surface area contributed by atoms with Gasteiger partial charge in [-0.3, -0.25) is 0 Å². The molecule has 0 saturated carbocycles. The lowest BCUT2D eigenvalue weighted by Gasteiger charge is -2.19. The van der Waals surface area contributed by atoms with Gasteiger partial charge in [-0.15, -0.1) is 0 Å². The van der Waals surface area contributed by atoms with E-state index in [9.17, 15) is 26.4 Å². The highest BCUT2D eigenvalue weighted by Gasteiger charge is 2.51. The zero-order valence-corrected chi connectivity index (χ0v) is 11.7. The lowest BCUT2D eigenvalue weighted by atomic mass is 10.2. The number of halogens is 3. The zero-order chi connectivity index (χ0) is 16.1. The van der Waals surface area contributed by atoms with Crippen molar-refractivity contribution in [1.29, 1.82) is 0 Å². The molecule has 21 heavy (non-hydrogen) atoms. The summed E-state index contributed by atoms with van der Waals surface area (Å²) in [5.74, 6) is -3.31. The summed E-state index contributed by atoms with van der Waals surface area (Å²) in [6.45, 7) is 3.22. The van der Waals surface area contributed by atoms with E-state index in [1.165, 1.54) is 0 Å². The van der Waals surface area contributed by atoms with E-state index >= 15 is 0 Å². The van der Waals surface area contributed by atoms with Crippen LogP contribution in [0.4, 0.5) is 13.2 Å². The number of carbonyl (C=O) groups is 1. The summed E-state index contributed by atoms with van der Waals surface area (Å²) in [5, 5.41) is 0. The highest BCUT2D eigenvalue weighted by Crippen LogP contribution is 2.32. The van der Waals surface area contributed by atoms with E-state index in [-0.39, 0.29) is 6.61 Å². The average molecular weight is 332 g/mol. The zero-order valence-electron chi connectivity index (χ0n) is 10.8. The third-order valence-electron chi connectivity index (χ3n) is 2.64. The van der Waals surface area contributed by atoms with Crippen LogP contribution in [0.2, 0.25) is 0 Å². The predicted molar refractivity (Wildman–Crippen MR) is 58.9 cm³/mol. The number of cyclic esters (lactones) is 1. The van der Waals surface area contributed by atoms with Crippen molar-refractivity contribution in [2.75, 3.05) is 6.61 Å². The smallest absolute Gasteiger partial charge is 0.449 e. The second kappa shape index (κ2) is 4.85. The minimum atomic E-state index is -5.93. The highest BCUT2D eigenvalue weighted by molar-refractivity contribution is 7.87. The monoisotopic (exact) mass is 332 g/mol. The van der Waals surface area contributed by atoms with Crippen LogP contribution in [0.15, 0.2) is 11.8 Å². The van der Waals surface area contributed by atoms with Gasteiger partial charge in [-0.1, -0.05) is 0 Å². The van der Waals surface area contributed by atoms with Crippen LogP contribution in [0.5, 0.6) is 0 Å². The van der Waals surface area contributed by atoms with E-state index in [0.29, 0.717) is 0 Å². The molecule has 0 aromatic heterocycles. The number of rotatable bonds is 3. The number of carbonyl (C=O) groups excluding carboxylic acids is 1. The van der Waals surface area contributed by atoms with Gasteiger partial charge in [-0.05, 0) is 13.8 Å². The molecule has 1 saturated heterocycles. The molecule has 0 amide bonds. The molecule has 2 aliphatic heterocycles. The maximum absolute atomic E-state index is 12.2. The highest BCUT2D eigenvalue weighted by atomic mass is 32.2. The van der Waals surface area contributed by atoms with Gasteiger partial charge in [0.05, 0.1) is 6.61 Å². The Hall–Kier alpha value is -1.33. The fourth-order valence-electron chi connectivity index (χ4n) is 1.72. The summed E-state index contributed by atoms with van der Waals surface area (Å²) in [7, 11) is -5.93. The minimum Gasteiger partial charge on any atom is -0.449 e. The van der Waals surface area contributed by atoms with Gasteiger partial charge in [0.2, 0.25) is 5.76 Å². The molecule has 120 valence electrons. The van der Waals surface area contributed by atoms with Crippen molar-refractivity contribution >= 4 is 16.1 Å². The molecule has 11 heteroatoms. The van der Waals surface area contributed by atoms with Gasteiger partial charge < -0.3 is 18.4 Å². The van der Waals surface area contributed by atoms with Crippen molar-refractivity contribution in [2.45, 2.75) is 37.4 Å². The van der Waals surface area contributed by atoms with Crippen LogP contribution >= 0.6 is 0 Å². The lowest BCUT2D eigenvalue weighted by Crippen LogP contribution is -2.30. The average Bonchev–Trinajstić information content (AvgIpc) is 2.81. The van der Waals surface area contributed by atoms with Crippen molar-refractivity contribution in [1.82, 2.24) is 0 Å². The Balaban J connectivity index is 2.12. The first kappa shape index (κ1) is 16.0. The quantitative estimate of drug-likeness (QED) is 0.429. The first-order valence-corrected chi connectivity index (χ1v) is 7.07.